The Hall–Kier alpha value is -0.486. The van der Waals surface area contributed by atoms with Crippen molar-refractivity contribution < 1.29 is 56.6 Å². The SMILES string of the molecule is CC(C)(C)OC(=O)N([C-]=O)C(=O)OC(C)(C)C.[CH3-].[Y]. The Morgan fingerprint density at radius 1 is 0.895 bits per heavy atom. The molecule has 0 aromatic rings. The van der Waals surface area contributed by atoms with Gasteiger partial charge < -0.3 is 36.2 Å². The number of imide groups is 3. The molecule has 0 aliphatic carbocycles. The van der Waals surface area contributed by atoms with Crippen molar-refractivity contribution in [3.63, 3.8) is 0 Å². The summed E-state index contributed by atoms with van der Waals surface area (Å²) in [5.74, 6) is 0. The van der Waals surface area contributed by atoms with E-state index >= 15 is 0 Å². The van der Waals surface area contributed by atoms with Crippen molar-refractivity contribution in [3.8, 4) is 0 Å². The average molecular weight is 348 g/mol. The molecule has 0 aromatic heterocycles. The summed E-state index contributed by atoms with van der Waals surface area (Å²) in [6.45, 7) is 9.68. The molecule has 0 atom stereocenters. The van der Waals surface area contributed by atoms with E-state index in [1.54, 1.807) is 41.5 Å². The first-order valence-corrected chi connectivity index (χ1v) is 5.10. The van der Waals surface area contributed by atoms with Gasteiger partial charge in [0.05, 0.1) is 11.2 Å². The quantitative estimate of drug-likeness (QED) is 0.538. The summed E-state index contributed by atoms with van der Waals surface area (Å²) in [5.41, 5.74) is -1.62. The van der Waals surface area contributed by atoms with Crippen molar-refractivity contribution in [2.75, 3.05) is 0 Å². The molecule has 0 heterocycles. The molecule has 0 spiro atoms. The molecule has 0 fully saturated rings. The van der Waals surface area contributed by atoms with Crippen LogP contribution in [0, 0.1) is 7.43 Å². The Morgan fingerprint density at radius 3 is 1.32 bits per heavy atom. The van der Waals surface area contributed by atoms with E-state index in [2.05, 4.69) is 0 Å². The minimum absolute atomic E-state index is 0. The standard InChI is InChI=1S/C11H18NO5.CH3.Y/c1-10(2,3)16-8(14)12(7-13)9(15)17-11(4,5)6;;/h1-6H3;1H3;/q2*-1;. The maximum absolute atomic E-state index is 11.5. The van der Waals surface area contributed by atoms with E-state index in [4.69, 9.17) is 9.47 Å². The predicted molar refractivity (Wildman–Crippen MR) is 66.4 cm³/mol. The molecule has 0 bridgehead atoms. The third-order valence-corrected chi connectivity index (χ3v) is 1.24. The Labute approximate surface area is 140 Å². The van der Waals surface area contributed by atoms with Crippen LogP contribution in [0.2, 0.25) is 0 Å². The first-order chi connectivity index (χ1) is 7.46. The number of hydrogen-bond donors (Lipinski definition) is 0. The second-order valence-corrected chi connectivity index (χ2v) is 5.39. The first-order valence-electron chi connectivity index (χ1n) is 5.10. The summed E-state index contributed by atoms with van der Waals surface area (Å²) in [5, 5.41) is 0. The normalized spacial score (nSPS) is 10.4. The predicted octanol–water partition coefficient (Wildman–Crippen LogP) is 2.67. The summed E-state index contributed by atoms with van der Waals surface area (Å²) < 4.78 is 9.70. The van der Waals surface area contributed by atoms with E-state index in [1.807, 2.05) is 0 Å². The Kier molecular flexibility index (Phi) is 10.7. The van der Waals surface area contributed by atoms with Crippen molar-refractivity contribution in [2.24, 2.45) is 0 Å². The third-order valence-electron chi connectivity index (χ3n) is 1.24. The van der Waals surface area contributed by atoms with Crippen LogP contribution in [-0.4, -0.2) is 34.7 Å². The van der Waals surface area contributed by atoms with Gasteiger partial charge >= 0.3 is 12.2 Å². The molecule has 1 radical (unpaired) electrons. The molecule has 0 N–H and O–H groups in total. The number of ether oxygens (including phenoxy) is 2. The van der Waals surface area contributed by atoms with Crippen LogP contribution in [0.1, 0.15) is 41.5 Å². The molecule has 3 amide bonds. The van der Waals surface area contributed by atoms with Crippen LogP contribution in [0.15, 0.2) is 0 Å². The van der Waals surface area contributed by atoms with E-state index in [9.17, 15) is 14.4 Å². The largest absolute Gasteiger partial charge is 0.502 e. The number of carbonyl (C=O) groups excluding carboxylic acids is 3. The molecule has 6 nitrogen and oxygen atoms in total. The van der Waals surface area contributed by atoms with E-state index in [0.717, 1.165) is 0 Å². The summed E-state index contributed by atoms with van der Waals surface area (Å²) in [7, 11) is 0. The minimum Gasteiger partial charge on any atom is -0.502 e. The van der Waals surface area contributed by atoms with Gasteiger partial charge in [0.2, 0.25) is 0 Å². The molecule has 0 aromatic carbocycles. The Morgan fingerprint density at radius 2 is 1.16 bits per heavy atom. The molecular formula is C12H21NO5Y-2. The molecule has 19 heavy (non-hydrogen) atoms. The number of rotatable bonds is 1. The maximum atomic E-state index is 11.5. The van der Waals surface area contributed by atoms with Crippen LogP contribution in [-0.2, 0) is 47.0 Å². The van der Waals surface area contributed by atoms with Gasteiger partial charge in [-0.2, -0.15) is 0 Å². The fourth-order valence-electron chi connectivity index (χ4n) is 0.764. The van der Waals surface area contributed by atoms with Crippen LogP contribution in [0.25, 0.3) is 0 Å². The summed E-state index contributed by atoms with van der Waals surface area (Å²) in [6.07, 6.45) is -1.04. The fraction of sp³-hybridized carbons (Fsp3) is 0.667. The van der Waals surface area contributed by atoms with Gasteiger partial charge in [-0.15, -0.1) is 0 Å². The van der Waals surface area contributed by atoms with Gasteiger partial charge in [0.25, 0.3) is 0 Å². The van der Waals surface area contributed by atoms with Crippen LogP contribution in [0.4, 0.5) is 9.59 Å². The van der Waals surface area contributed by atoms with Crippen LogP contribution < -0.4 is 0 Å². The average Bonchev–Trinajstić information content (AvgIpc) is 1.96. The Balaban J connectivity index is -0.00000128. The zero-order valence-corrected chi connectivity index (χ0v) is 15.4. The van der Waals surface area contributed by atoms with Gasteiger partial charge in [-0.05, 0) is 41.5 Å². The fourth-order valence-corrected chi connectivity index (χ4v) is 0.764. The summed E-state index contributed by atoms with van der Waals surface area (Å²) in [6, 6.07) is 0. The molecule has 0 aliphatic rings. The minimum atomic E-state index is -1.11. The topological polar surface area (TPSA) is 72.9 Å². The van der Waals surface area contributed by atoms with Crippen molar-refractivity contribution in [3.05, 3.63) is 7.43 Å². The number of amides is 3. The monoisotopic (exact) mass is 348 g/mol. The number of nitrogens with zero attached hydrogens (tertiary/aromatic N) is 1. The molecular weight excluding hydrogens is 327 g/mol. The van der Waals surface area contributed by atoms with Gasteiger partial charge in [-0.3, -0.25) is 0 Å². The summed E-state index contributed by atoms with van der Waals surface area (Å²) in [4.78, 5) is 33.6. The van der Waals surface area contributed by atoms with Crippen molar-refractivity contribution in [1.29, 1.82) is 0 Å². The van der Waals surface area contributed by atoms with Crippen LogP contribution in [0.5, 0.6) is 0 Å². The van der Waals surface area contributed by atoms with Gasteiger partial charge in [-0.1, -0.05) is 0 Å². The number of hydrogen-bond acceptors (Lipinski definition) is 5. The van der Waals surface area contributed by atoms with Gasteiger partial charge in [0.15, 0.2) is 6.41 Å². The molecule has 0 unspecified atom stereocenters. The smallest absolute Gasteiger partial charge is 0.307 e. The molecule has 0 aliphatic heterocycles. The zero-order valence-electron chi connectivity index (χ0n) is 12.6. The molecule has 0 saturated heterocycles. The molecule has 109 valence electrons. The van der Waals surface area contributed by atoms with Gasteiger partial charge in [0, 0.05) is 32.7 Å². The van der Waals surface area contributed by atoms with Gasteiger partial charge in [0.1, 0.15) is 0 Å². The van der Waals surface area contributed by atoms with E-state index in [1.165, 1.54) is 6.41 Å². The maximum Gasteiger partial charge on any atom is 0.307 e. The Bertz CT molecular complexity index is 289. The molecule has 0 rings (SSSR count). The third kappa shape index (κ3) is 11.1. The second kappa shape index (κ2) is 8.64. The first kappa shape index (κ1) is 23.6. The zero-order chi connectivity index (χ0) is 13.9. The molecule has 0 saturated carbocycles. The van der Waals surface area contributed by atoms with E-state index in [-0.39, 0.29) is 45.0 Å². The van der Waals surface area contributed by atoms with Crippen molar-refractivity contribution >= 4 is 18.6 Å². The van der Waals surface area contributed by atoms with E-state index in [0.29, 0.717) is 0 Å². The second-order valence-electron chi connectivity index (χ2n) is 5.39. The van der Waals surface area contributed by atoms with E-state index < -0.39 is 23.4 Å². The number of carbonyl (C=O) groups is 2. The summed E-state index contributed by atoms with van der Waals surface area (Å²) >= 11 is 0. The van der Waals surface area contributed by atoms with Crippen molar-refractivity contribution in [2.45, 2.75) is 52.7 Å². The van der Waals surface area contributed by atoms with Gasteiger partial charge in [-0.25, -0.2) is 0 Å². The van der Waals surface area contributed by atoms with Crippen LogP contribution >= 0.6 is 0 Å². The van der Waals surface area contributed by atoms with Crippen molar-refractivity contribution in [1.82, 2.24) is 4.90 Å². The van der Waals surface area contributed by atoms with Crippen LogP contribution in [0.3, 0.4) is 0 Å². The molecule has 7 heteroatoms.